The van der Waals surface area contributed by atoms with Crippen molar-refractivity contribution in [2.24, 2.45) is 7.05 Å². The molecule has 5 aromatic heterocycles. The van der Waals surface area contributed by atoms with Gasteiger partial charge >= 0.3 is 0 Å². The Morgan fingerprint density at radius 3 is 2.82 bits per heavy atom. The number of rotatable bonds is 5. The summed E-state index contributed by atoms with van der Waals surface area (Å²) >= 11 is 0.676. The number of nitrogen functional groups attached to an aromatic ring is 1. The van der Waals surface area contributed by atoms with Gasteiger partial charge in [-0.15, -0.1) is 0 Å². The molecule has 1 atom stereocenters. The monoisotopic (exact) mass is 490 g/mol. The van der Waals surface area contributed by atoms with Gasteiger partial charge in [-0.1, -0.05) is 11.3 Å². The summed E-state index contributed by atoms with van der Waals surface area (Å²) in [6.07, 6.45) is 11.2. The van der Waals surface area contributed by atoms with Gasteiger partial charge in [0.05, 0.1) is 17.4 Å². The van der Waals surface area contributed by atoms with Gasteiger partial charge in [0.15, 0.2) is 22.1 Å². The predicted octanol–water partition coefficient (Wildman–Crippen LogP) is 5.03. The first-order valence-corrected chi connectivity index (χ1v) is 13.6. The minimum atomic E-state index is -0.852. The topological polar surface area (TPSA) is 108 Å². The van der Waals surface area contributed by atoms with Crippen LogP contribution in [-0.4, -0.2) is 39.3 Å². The van der Waals surface area contributed by atoms with Gasteiger partial charge in [-0.3, -0.25) is 9.36 Å². The smallest absolute Gasteiger partial charge is 0.269 e. The third-order valence-electron chi connectivity index (χ3n) is 6.83. The number of pyridine rings is 2. The molecule has 10 heteroatoms. The summed E-state index contributed by atoms with van der Waals surface area (Å²) in [7, 11) is 1.90. The molecule has 172 valence electrons. The fraction of sp³-hybridized carbons (Fsp3) is 0.333. The van der Waals surface area contributed by atoms with Crippen LogP contribution in [0.15, 0.2) is 41.0 Å². The quantitative estimate of drug-likeness (QED) is 0.335. The molecule has 5 heterocycles. The van der Waals surface area contributed by atoms with E-state index in [1.54, 1.807) is 4.68 Å². The lowest BCUT2D eigenvalue weighted by atomic mass is 10.00. The molecule has 0 amide bonds. The highest BCUT2D eigenvalue weighted by Gasteiger charge is 2.41. The number of nitrogens with zero attached hydrogens (tertiary/aromatic N) is 6. The number of aromatic nitrogens is 6. The zero-order chi connectivity index (χ0) is 23.0. The minimum absolute atomic E-state index is 0.312. The molecule has 34 heavy (non-hydrogen) atoms. The van der Waals surface area contributed by atoms with Gasteiger partial charge in [0, 0.05) is 47.5 Å². The Balaban J connectivity index is 1.46. The Morgan fingerprint density at radius 1 is 1.21 bits per heavy atom. The van der Waals surface area contributed by atoms with E-state index in [1.165, 1.54) is 17.8 Å². The maximum absolute atomic E-state index is 11.1. The SMILES string of the molecule is Cn1cc2cc(-c3cc(-c4ccnn4C4CC4)c4c(N)c([S+](O)C5CCC5)sc4n3)cnc2n1. The molecular weight excluding hydrogens is 466 g/mol. The summed E-state index contributed by atoms with van der Waals surface area (Å²) in [5, 5.41) is 11.2. The van der Waals surface area contributed by atoms with Crippen molar-refractivity contribution in [2.45, 2.75) is 47.6 Å². The molecule has 7 rings (SSSR count). The average Bonchev–Trinajstić information content (AvgIpc) is 3.23. The molecule has 3 N–H and O–H groups in total. The van der Waals surface area contributed by atoms with E-state index in [1.807, 2.05) is 25.6 Å². The molecule has 0 radical (unpaired) electrons. The molecule has 2 aliphatic rings. The van der Waals surface area contributed by atoms with Crippen molar-refractivity contribution >= 4 is 49.5 Å². The van der Waals surface area contributed by atoms with Gasteiger partial charge in [0.1, 0.15) is 10.5 Å². The lowest BCUT2D eigenvalue weighted by Gasteiger charge is -2.19. The van der Waals surface area contributed by atoms with E-state index in [-0.39, 0.29) is 0 Å². The van der Waals surface area contributed by atoms with E-state index in [2.05, 4.69) is 38.1 Å². The highest BCUT2D eigenvalue weighted by molar-refractivity contribution is 7.94. The van der Waals surface area contributed by atoms with Crippen LogP contribution in [0, 0.1) is 0 Å². The number of hydrogen-bond donors (Lipinski definition) is 2. The normalized spacial score (nSPS) is 17.5. The standard InChI is InChI=1S/C24H24N7OS2/c1-30-12-14-9-13(11-26-22(14)29-30)18-10-17(19-7-8-27-31(19)15-5-6-15)20-21(25)24(33-23(20)28-18)34(32)16-3-2-4-16/h7-12,15-16,32H,2-6,25H2,1H3/q+1. The van der Waals surface area contributed by atoms with Crippen LogP contribution in [-0.2, 0) is 18.2 Å². The maximum atomic E-state index is 11.1. The molecule has 0 saturated heterocycles. The van der Waals surface area contributed by atoms with Gasteiger partial charge in [-0.05, 0) is 50.3 Å². The molecule has 0 aromatic carbocycles. The largest absolute Gasteiger partial charge is 0.393 e. The molecule has 0 bridgehead atoms. The number of anilines is 1. The van der Waals surface area contributed by atoms with Gasteiger partial charge in [0.2, 0.25) is 0 Å². The van der Waals surface area contributed by atoms with E-state index in [0.29, 0.717) is 22.6 Å². The maximum Gasteiger partial charge on any atom is 0.269 e. The number of aryl methyl sites for hydroxylation is 1. The van der Waals surface area contributed by atoms with Gasteiger partial charge in [0.25, 0.3) is 4.21 Å². The molecule has 2 saturated carbocycles. The first-order valence-electron chi connectivity index (χ1n) is 11.6. The second-order valence-electron chi connectivity index (χ2n) is 9.24. The second-order valence-corrected chi connectivity index (χ2v) is 12.2. The van der Waals surface area contributed by atoms with Crippen LogP contribution in [0.1, 0.15) is 38.1 Å². The van der Waals surface area contributed by atoms with Crippen LogP contribution < -0.4 is 5.73 Å². The second kappa shape index (κ2) is 7.53. The molecule has 5 aromatic rings. The number of hydrogen-bond acceptors (Lipinski definition) is 7. The minimum Gasteiger partial charge on any atom is -0.393 e. The van der Waals surface area contributed by atoms with Crippen LogP contribution >= 0.6 is 11.3 Å². The Labute approximate surface area is 203 Å². The van der Waals surface area contributed by atoms with Gasteiger partial charge < -0.3 is 5.73 Å². The zero-order valence-corrected chi connectivity index (χ0v) is 20.3. The summed E-state index contributed by atoms with van der Waals surface area (Å²) < 4.78 is 15.8. The summed E-state index contributed by atoms with van der Waals surface area (Å²) in [4.78, 5) is 10.4. The fourth-order valence-electron chi connectivity index (χ4n) is 4.66. The lowest BCUT2D eigenvalue weighted by Crippen LogP contribution is -2.28. The summed E-state index contributed by atoms with van der Waals surface area (Å²) in [6, 6.07) is 6.67. The van der Waals surface area contributed by atoms with Crippen molar-refractivity contribution in [1.82, 2.24) is 29.5 Å². The van der Waals surface area contributed by atoms with Crippen LogP contribution in [0.2, 0.25) is 0 Å². The Hall–Kier alpha value is -2.95. The number of fused-ring (bicyclic) bond motifs is 2. The van der Waals surface area contributed by atoms with Crippen LogP contribution in [0.25, 0.3) is 43.8 Å². The zero-order valence-electron chi connectivity index (χ0n) is 18.7. The molecule has 2 aliphatic carbocycles. The highest BCUT2D eigenvalue weighted by atomic mass is 32.2. The summed E-state index contributed by atoms with van der Waals surface area (Å²) in [5.41, 5.74) is 11.9. The third-order valence-corrected chi connectivity index (χ3v) is 10.2. The van der Waals surface area contributed by atoms with E-state index < -0.39 is 11.2 Å². The van der Waals surface area contributed by atoms with E-state index in [0.717, 1.165) is 68.0 Å². The predicted molar refractivity (Wildman–Crippen MR) is 137 cm³/mol. The van der Waals surface area contributed by atoms with Crippen molar-refractivity contribution < 1.29 is 4.55 Å². The number of thiophene rings is 1. The molecule has 2 fully saturated rings. The van der Waals surface area contributed by atoms with Crippen LogP contribution in [0.4, 0.5) is 5.69 Å². The fourth-order valence-corrected chi connectivity index (χ4v) is 7.91. The Kier molecular flexibility index (Phi) is 4.52. The Morgan fingerprint density at radius 2 is 2.06 bits per heavy atom. The first-order chi connectivity index (χ1) is 16.6. The van der Waals surface area contributed by atoms with E-state index in [4.69, 9.17) is 10.7 Å². The molecule has 0 spiro atoms. The van der Waals surface area contributed by atoms with E-state index in [9.17, 15) is 4.55 Å². The highest BCUT2D eigenvalue weighted by Crippen LogP contribution is 2.47. The number of nitrogens with two attached hydrogens (primary N) is 1. The van der Waals surface area contributed by atoms with Crippen LogP contribution in [0.3, 0.4) is 0 Å². The van der Waals surface area contributed by atoms with E-state index >= 15 is 0 Å². The van der Waals surface area contributed by atoms with Crippen molar-refractivity contribution in [3.63, 3.8) is 0 Å². The van der Waals surface area contributed by atoms with Crippen molar-refractivity contribution in [1.29, 1.82) is 0 Å². The molecule has 1 unspecified atom stereocenters. The molecule has 0 aliphatic heterocycles. The average molecular weight is 491 g/mol. The van der Waals surface area contributed by atoms with Crippen molar-refractivity contribution in [2.75, 3.05) is 5.73 Å². The summed E-state index contributed by atoms with van der Waals surface area (Å²) in [6.45, 7) is 0. The van der Waals surface area contributed by atoms with Crippen LogP contribution in [0.5, 0.6) is 0 Å². The van der Waals surface area contributed by atoms with Crippen molar-refractivity contribution in [3.05, 3.63) is 36.8 Å². The molecular formula is C24H24N7OS2+. The summed E-state index contributed by atoms with van der Waals surface area (Å²) in [5.74, 6) is 0. The van der Waals surface area contributed by atoms with Gasteiger partial charge in [-0.2, -0.15) is 14.8 Å². The first kappa shape index (κ1) is 20.4. The lowest BCUT2D eigenvalue weighted by molar-refractivity contribution is 0.487. The third kappa shape index (κ3) is 3.16. The van der Waals surface area contributed by atoms with Crippen molar-refractivity contribution in [3.8, 4) is 22.5 Å². The Bertz CT molecular complexity index is 1560. The molecule has 8 nitrogen and oxygen atoms in total. The van der Waals surface area contributed by atoms with Gasteiger partial charge in [-0.25, -0.2) is 9.97 Å².